The normalized spacial score (nSPS) is 12.0. The van der Waals surface area contributed by atoms with Gasteiger partial charge in [0.2, 0.25) is 0 Å². The van der Waals surface area contributed by atoms with Gasteiger partial charge in [0.1, 0.15) is 13.2 Å². The van der Waals surface area contributed by atoms with Crippen molar-refractivity contribution < 1.29 is 28.6 Å². The summed E-state index contributed by atoms with van der Waals surface area (Å²) in [6.07, 6.45) is 79.7. The van der Waals surface area contributed by atoms with Crippen LogP contribution in [0.5, 0.6) is 0 Å². The Morgan fingerprint density at radius 3 is 0.649 bits per heavy atom. The molecular formula is C71H136O6. The van der Waals surface area contributed by atoms with Crippen LogP contribution in [0, 0.1) is 0 Å². The molecule has 0 N–H and O–H groups in total. The van der Waals surface area contributed by atoms with E-state index >= 15 is 0 Å². The minimum Gasteiger partial charge on any atom is -0.462 e. The number of hydrogen-bond acceptors (Lipinski definition) is 6. The average molecular weight is 1090 g/mol. The zero-order chi connectivity index (χ0) is 55.7. The molecule has 0 amide bonds. The van der Waals surface area contributed by atoms with Gasteiger partial charge in [-0.25, -0.2) is 0 Å². The van der Waals surface area contributed by atoms with Gasteiger partial charge < -0.3 is 14.2 Å². The van der Waals surface area contributed by atoms with Crippen LogP contribution < -0.4 is 0 Å². The van der Waals surface area contributed by atoms with E-state index in [0.29, 0.717) is 19.3 Å². The molecule has 6 nitrogen and oxygen atoms in total. The third-order valence-electron chi connectivity index (χ3n) is 16.3. The Labute approximate surface area is 481 Å². The lowest BCUT2D eigenvalue weighted by atomic mass is 10.0. The van der Waals surface area contributed by atoms with Gasteiger partial charge in [-0.3, -0.25) is 14.4 Å². The van der Waals surface area contributed by atoms with E-state index in [1.54, 1.807) is 0 Å². The van der Waals surface area contributed by atoms with Gasteiger partial charge >= 0.3 is 17.9 Å². The molecule has 0 aromatic carbocycles. The van der Waals surface area contributed by atoms with Gasteiger partial charge in [-0.2, -0.15) is 0 Å². The molecule has 0 aliphatic rings. The van der Waals surface area contributed by atoms with Crippen molar-refractivity contribution in [2.24, 2.45) is 0 Å². The largest absolute Gasteiger partial charge is 0.462 e. The number of carbonyl (C=O) groups is 3. The minimum absolute atomic E-state index is 0.0635. The molecule has 0 aliphatic carbocycles. The summed E-state index contributed by atoms with van der Waals surface area (Å²) in [5, 5.41) is 0. The molecule has 0 heterocycles. The summed E-state index contributed by atoms with van der Waals surface area (Å²) in [5.74, 6) is -0.833. The molecule has 0 rings (SSSR count). The fourth-order valence-corrected chi connectivity index (χ4v) is 11.0. The molecule has 0 aromatic rings. The molecule has 0 fully saturated rings. The molecule has 0 aromatic heterocycles. The number of esters is 3. The molecule has 77 heavy (non-hydrogen) atoms. The molecular weight excluding hydrogens is 949 g/mol. The maximum Gasteiger partial charge on any atom is 0.306 e. The average Bonchev–Trinajstić information content (AvgIpc) is 3.43. The number of unbranched alkanes of at least 4 members (excludes halogenated alkanes) is 53. The molecule has 0 spiro atoms. The second kappa shape index (κ2) is 66.7. The van der Waals surface area contributed by atoms with E-state index in [4.69, 9.17) is 14.2 Å². The van der Waals surface area contributed by atoms with Crippen LogP contribution in [-0.4, -0.2) is 37.2 Å². The van der Waals surface area contributed by atoms with Crippen molar-refractivity contribution in [3.8, 4) is 0 Å². The van der Waals surface area contributed by atoms with E-state index in [1.165, 1.54) is 308 Å². The van der Waals surface area contributed by atoms with Crippen LogP contribution in [0.25, 0.3) is 0 Å². The van der Waals surface area contributed by atoms with E-state index in [-0.39, 0.29) is 31.1 Å². The van der Waals surface area contributed by atoms with Crippen LogP contribution in [0.1, 0.15) is 406 Å². The standard InChI is InChI=1S/C71H136O6/c1-4-7-10-13-16-19-22-24-26-28-30-32-34-35-36-38-39-41-43-45-47-49-52-55-58-61-64-70(73)76-67-68(66-75-69(72)63-60-57-54-51-21-18-15-12-9-6-3)77-71(74)65-62-59-56-53-50-48-46-44-42-40-37-33-31-29-27-25-23-20-17-14-11-8-5-2/h29,31,68H,4-28,30,32-67H2,1-3H3/b31-29-. The first-order valence-electron chi connectivity index (χ1n) is 35.2. The van der Waals surface area contributed by atoms with Gasteiger partial charge in [-0.15, -0.1) is 0 Å². The smallest absolute Gasteiger partial charge is 0.306 e. The molecule has 1 atom stereocenters. The van der Waals surface area contributed by atoms with E-state index in [1.807, 2.05) is 0 Å². The Kier molecular flexibility index (Phi) is 65.1. The van der Waals surface area contributed by atoms with Gasteiger partial charge in [-0.1, -0.05) is 354 Å². The summed E-state index contributed by atoms with van der Waals surface area (Å²) in [6.45, 7) is 6.71. The minimum atomic E-state index is -0.766. The molecule has 0 bridgehead atoms. The lowest BCUT2D eigenvalue weighted by Crippen LogP contribution is -2.30. The number of rotatable bonds is 66. The predicted octanol–water partition coefficient (Wildman–Crippen LogP) is 24.0. The van der Waals surface area contributed by atoms with E-state index in [0.717, 1.165) is 57.8 Å². The first kappa shape index (κ1) is 75.2. The van der Waals surface area contributed by atoms with Gasteiger partial charge in [0.25, 0.3) is 0 Å². The van der Waals surface area contributed by atoms with Crippen LogP contribution in [0.2, 0.25) is 0 Å². The lowest BCUT2D eigenvalue weighted by Gasteiger charge is -2.18. The first-order valence-corrected chi connectivity index (χ1v) is 35.2. The van der Waals surface area contributed by atoms with Crippen molar-refractivity contribution in [1.29, 1.82) is 0 Å². The van der Waals surface area contributed by atoms with E-state index < -0.39 is 6.10 Å². The van der Waals surface area contributed by atoms with Crippen molar-refractivity contribution in [3.63, 3.8) is 0 Å². The zero-order valence-corrected chi connectivity index (χ0v) is 52.5. The highest BCUT2D eigenvalue weighted by molar-refractivity contribution is 5.71. The fraction of sp³-hybridized carbons (Fsp3) is 0.930. The maximum absolute atomic E-state index is 12.9. The number of carbonyl (C=O) groups excluding carboxylic acids is 3. The summed E-state index contributed by atoms with van der Waals surface area (Å²) in [4.78, 5) is 38.3. The van der Waals surface area contributed by atoms with Crippen molar-refractivity contribution >= 4 is 17.9 Å². The molecule has 1 unspecified atom stereocenters. The Morgan fingerprint density at radius 2 is 0.429 bits per heavy atom. The molecule has 6 heteroatoms. The van der Waals surface area contributed by atoms with Crippen LogP contribution in [0.4, 0.5) is 0 Å². The third-order valence-corrected chi connectivity index (χ3v) is 16.3. The van der Waals surface area contributed by atoms with Gasteiger partial charge in [-0.05, 0) is 44.9 Å². The highest BCUT2D eigenvalue weighted by atomic mass is 16.6. The second-order valence-corrected chi connectivity index (χ2v) is 24.2. The number of allylic oxidation sites excluding steroid dienone is 2. The predicted molar refractivity (Wildman–Crippen MR) is 335 cm³/mol. The van der Waals surface area contributed by atoms with Gasteiger partial charge in [0.15, 0.2) is 6.10 Å². The summed E-state index contributed by atoms with van der Waals surface area (Å²) in [7, 11) is 0. The monoisotopic (exact) mass is 1090 g/mol. The third kappa shape index (κ3) is 64.9. The van der Waals surface area contributed by atoms with Crippen LogP contribution in [0.3, 0.4) is 0 Å². The van der Waals surface area contributed by atoms with Gasteiger partial charge in [0.05, 0.1) is 0 Å². The Morgan fingerprint density at radius 1 is 0.247 bits per heavy atom. The van der Waals surface area contributed by atoms with E-state index in [2.05, 4.69) is 32.9 Å². The quantitative estimate of drug-likeness (QED) is 0.0261. The van der Waals surface area contributed by atoms with Crippen molar-refractivity contribution in [1.82, 2.24) is 0 Å². The van der Waals surface area contributed by atoms with Gasteiger partial charge in [0, 0.05) is 19.3 Å². The summed E-state index contributed by atoms with van der Waals surface area (Å²) >= 11 is 0. The highest BCUT2D eigenvalue weighted by Crippen LogP contribution is 2.19. The Bertz CT molecular complexity index is 1200. The molecule has 0 radical (unpaired) electrons. The molecule has 456 valence electrons. The Balaban J connectivity index is 4.12. The highest BCUT2D eigenvalue weighted by Gasteiger charge is 2.19. The summed E-state index contributed by atoms with van der Waals surface area (Å²) in [5.41, 5.74) is 0. The topological polar surface area (TPSA) is 78.9 Å². The lowest BCUT2D eigenvalue weighted by molar-refractivity contribution is -0.167. The first-order chi connectivity index (χ1) is 38.0. The van der Waals surface area contributed by atoms with Crippen molar-refractivity contribution in [3.05, 3.63) is 12.2 Å². The van der Waals surface area contributed by atoms with Crippen molar-refractivity contribution in [2.45, 2.75) is 412 Å². The van der Waals surface area contributed by atoms with E-state index in [9.17, 15) is 14.4 Å². The number of hydrogen-bond donors (Lipinski definition) is 0. The molecule has 0 saturated heterocycles. The summed E-state index contributed by atoms with van der Waals surface area (Å²) in [6, 6.07) is 0. The molecule has 0 aliphatic heterocycles. The second-order valence-electron chi connectivity index (χ2n) is 24.2. The van der Waals surface area contributed by atoms with Crippen LogP contribution >= 0.6 is 0 Å². The SMILES string of the molecule is CCCCCCCCCC/C=C\CCCCCCCCCCCCCC(=O)OC(COC(=O)CCCCCCCCCCCC)COC(=O)CCCCCCCCCCCCCCCCCCCCCCCCCCCC. The van der Waals surface area contributed by atoms with Crippen molar-refractivity contribution in [2.75, 3.05) is 13.2 Å². The summed E-state index contributed by atoms with van der Waals surface area (Å²) < 4.78 is 17.0. The van der Waals surface area contributed by atoms with Crippen LogP contribution in [-0.2, 0) is 28.6 Å². The van der Waals surface area contributed by atoms with Crippen LogP contribution in [0.15, 0.2) is 12.2 Å². The zero-order valence-electron chi connectivity index (χ0n) is 52.5. The number of ether oxygens (including phenoxy) is 3. The maximum atomic E-state index is 12.9. The fourth-order valence-electron chi connectivity index (χ4n) is 11.0. The Hall–Kier alpha value is -1.85. The molecule has 0 saturated carbocycles.